The van der Waals surface area contributed by atoms with Gasteiger partial charge in [-0.05, 0) is 43.5 Å². The van der Waals surface area contributed by atoms with E-state index in [2.05, 4.69) is 0 Å². The molecule has 0 aliphatic heterocycles. The Morgan fingerprint density at radius 2 is 1.69 bits per heavy atom. The van der Waals surface area contributed by atoms with Gasteiger partial charge in [0.25, 0.3) is 0 Å². The number of ketones is 3. The first-order valence-corrected chi connectivity index (χ1v) is 8.11. The molecule has 0 unspecified atom stereocenters. The minimum Gasteiger partial charge on any atom is -0.507 e. The van der Waals surface area contributed by atoms with Crippen molar-refractivity contribution in [1.29, 1.82) is 0 Å². The van der Waals surface area contributed by atoms with E-state index in [1.165, 1.54) is 26.2 Å². The van der Waals surface area contributed by atoms with Crippen LogP contribution in [0.25, 0.3) is 0 Å². The summed E-state index contributed by atoms with van der Waals surface area (Å²) in [6, 6.07) is 4.19. The third kappa shape index (κ3) is 2.63. The molecular weight excluding hydrogens is 336 g/mol. The molecule has 0 aromatic heterocycles. The molecule has 2 aromatic carbocycles. The molecule has 134 valence electrons. The van der Waals surface area contributed by atoms with Gasteiger partial charge in [-0.2, -0.15) is 0 Å². The molecule has 26 heavy (non-hydrogen) atoms. The van der Waals surface area contributed by atoms with Crippen molar-refractivity contribution in [3.63, 3.8) is 0 Å². The molecule has 2 aromatic rings. The van der Waals surface area contributed by atoms with Gasteiger partial charge in [0.1, 0.15) is 23.0 Å². The first-order chi connectivity index (χ1) is 12.3. The fourth-order valence-corrected chi connectivity index (χ4v) is 3.27. The van der Waals surface area contributed by atoms with E-state index in [4.69, 9.17) is 4.74 Å². The first-order valence-electron chi connectivity index (χ1n) is 8.11. The van der Waals surface area contributed by atoms with Gasteiger partial charge in [0.2, 0.25) is 5.78 Å². The zero-order chi connectivity index (χ0) is 19.2. The normalized spacial score (nSPS) is 12.6. The van der Waals surface area contributed by atoms with E-state index in [0.717, 1.165) is 0 Å². The van der Waals surface area contributed by atoms with Gasteiger partial charge in [-0.1, -0.05) is 0 Å². The molecule has 0 bridgehead atoms. The van der Waals surface area contributed by atoms with Gasteiger partial charge in [0.15, 0.2) is 5.78 Å². The molecular formula is C20H18O6. The van der Waals surface area contributed by atoms with Crippen LogP contribution >= 0.6 is 0 Å². The number of methoxy groups -OCH3 is 1. The van der Waals surface area contributed by atoms with Crippen LogP contribution in [0, 0.1) is 6.92 Å². The standard InChI is InChI=1S/C20H18O6/c1-9-6-13-17(19(24)12(9)5-4-10(2)21)20(25)16-14(18(13)23)7-11(26-3)8-15(16)22/h6-8,22,24H,4-5H2,1-3H3. The second-order valence-electron chi connectivity index (χ2n) is 6.37. The Hall–Kier alpha value is -3.15. The number of phenols is 2. The number of fused-ring (bicyclic) bond motifs is 2. The number of aromatic hydroxyl groups is 2. The predicted octanol–water partition coefficient (Wildman–Crippen LogP) is 2.71. The molecule has 6 heteroatoms. The minimum absolute atomic E-state index is 0.0367. The number of rotatable bonds is 4. The summed E-state index contributed by atoms with van der Waals surface area (Å²) in [5.41, 5.74) is 0.911. The quantitative estimate of drug-likeness (QED) is 0.747. The Morgan fingerprint density at radius 1 is 1.04 bits per heavy atom. The number of hydrogen-bond acceptors (Lipinski definition) is 6. The topological polar surface area (TPSA) is 101 Å². The summed E-state index contributed by atoms with van der Waals surface area (Å²) in [6.07, 6.45) is 0.484. The van der Waals surface area contributed by atoms with Gasteiger partial charge in [-0.3, -0.25) is 9.59 Å². The largest absolute Gasteiger partial charge is 0.507 e. The van der Waals surface area contributed by atoms with Gasteiger partial charge in [-0.15, -0.1) is 0 Å². The van der Waals surface area contributed by atoms with Crippen molar-refractivity contribution in [2.75, 3.05) is 7.11 Å². The third-order valence-corrected chi connectivity index (χ3v) is 4.63. The first kappa shape index (κ1) is 17.7. The number of aryl methyl sites for hydroxylation is 1. The number of benzene rings is 2. The summed E-state index contributed by atoms with van der Waals surface area (Å²) in [5, 5.41) is 20.8. The molecule has 0 amide bonds. The maximum Gasteiger partial charge on any atom is 0.201 e. The summed E-state index contributed by atoms with van der Waals surface area (Å²) in [4.78, 5) is 37.1. The molecule has 0 saturated heterocycles. The minimum atomic E-state index is -0.628. The van der Waals surface area contributed by atoms with Crippen LogP contribution in [0.4, 0.5) is 0 Å². The van der Waals surface area contributed by atoms with Crippen molar-refractivity contribution in [3.05, 3.63) is 51.6 Å². The maximum absolute atomic E-state index is 12.9. The lowest BCUT2D eigenvalue weighted by molar-refractivity contribution is -0.116. The zero-order valence-corrected chi connectivity index (χ0v) is 14.7. The van der Waals surface area contributed by atoms with Crippen molar-refractivity contribution < 1.29 is 29.3 Å². The number of hydrogen-bond donors (Lipinski definition) is 2. The van der Waals surface area contributed by atoms with Crippen LogP contribution in [-0.4, -0.2) is 34.7 Å². The summed E-state index contributed by atoms with van der Waals surface area (Å²) < 4.78 is 5.05. The van der Waals surface area contributed by atoms with E-state index < -0.39 is 11.6 Å². The lowest BCUT2D eigenvalue weighted by atomic mass is 9.80. The average molecular weight is 354 g/mol. The molecule has 0 saturated carbocycles. The Labute approximate surface area is 150 Å². The van der Waals surface area contributed by atoms with Crippen LogP contribution in [0.2, 0.25) is 0 Å². The smallest absolute Gasteiger partial charge is 0.201 e. The number of carbonyl (C=O) groups excluding carboxylic acids is 3. The van der Waals surface area contributed by atoms with Crippen LogP contribution in [0.5, 0.6) is 17.2 Å². The summed E-state index contributed by atoms with van der Waals surface area (Å²) >= 11 is 0. The molecule has 6 nitrogen and oxygen atoms in total. The van der Waals surface area contributed by atoms with Crippen molar-refractivity contribution in [3.8, 4) is 17.2 Å². The zero-order valence-electron chi connectivity index (χ0n) is 14.7. The van der Waals surface area contributed by atoms with E-state index in [1.54, 1.807) is 13.0 Å². The van der Waals surface area contributed by atoms with Crippen molar-refractivity contribution in [1.82, 2.24) is 0 Å². The predicted molar refractivity (Wildman–Crippen MR) is 93.4 cm³/mol. The average Bonchev–Trinajstić information content (AvgIpc) is 2.57. The van der Waals surface area contributed by atoms with Crippen LogP contribution in [0.15, 0.2) is 18.2 Å². The number of phenolic OH excluding ortho intramolecular Hbond substituents is 2. The van der Waals surface area contributed by atoms with Crippen LogP contribution in [0.3, 0.4) is 0 Å². The van der Waals surface area contributed by atoms with Gasteiger partial charge in [0.05, 0.1) is 18.2 Å². The lowest BCUT2D eigenvalue weighted by Crippen LogP contribution is -2.22. The lowest BCUT2D eigenvalue weighted by Gasteiger charge is -2.22. The van der Waals surface area contributed by atoms with Gasteiger partial charge >= 0.3 is 0 Å². The molecule has 0 heterocycles. The van der Waals surface area contributed by atoms with Crippen molar-refractivity contribution in [2.24, 2.45) is 0 Å². The number of ether oxygens (including phenoxy) is 1. The monoisotopic (exact) mass is 354 g/mol. The fourth-order valence-electron chi connectivity index (χ4n) is 3.27. The summed E-state index contributed by atoms with van der Waals surface area (Å²) in [7, 11) is 1.39. The fraction of sp³-hybridized carbons (Fsp3) is 0.250. The van der Waals surface area contributed by atoms with Gasteiger partial charge < -0.3 is 19.7 Å². The van der Waals surface area contributed by atoms with E-state index in [9.17, 15) is 24.6 Å². The molecule has 1 aliphatic carbocycles. The second-order valence-corrected chi connectivity index (χ2v) is 6.37. The Morgan fingerprint density at radius 3 is 2.31 bits per heavy atom. The molecule has 0 spiro atoms. The van der Waals surface area contributed by atoms with E-state index >= 15 is 0 Å². The highest BCUT2D eigenvalue weighted by molar-refractivity contribution is 6.30. The highest BCUT2D eigenvalue weighted by atomic mass is 16.5. The molecule has 1 aliphatic rings. The summed E-state index contributed by atoms with van der Waals surface area (Å²) in [5.74, 6) is -1.57. The number of Topliss-reactive ketones (excluding diaryl/α,β-unsaturated/α-hetero) is 1. The molecule has 0 radical (unpaired) electrons. The van der Waals surface area contributed by atoms with Crippen LogP contribution in [-0.2, 0) is 11.2 Å². The Balaban J connectivity index is 2.22. The molecule has 0 atom stereocenters. The van der Waals surface area contributed by atoms with E-state index in [0.29, 0.717) is 11.1 Å². The van der Waals surface area contributed by atoms with Crippen molar-refractivity contribution in [2.45, 2.75) is 26.7 Å². The molecule has 0 fully saturated rings. The van der Waals surface area contributed by atoms with E-state index in [-0.39, 0.29) is 58.1 Å². The summed E-state index contributed by atoms with van der Waals surface area (Å²) in [6.45, 7) is 3.16. The Bertz CT molecular complexity index is 971. The molecule has 2 N–H and O–H groups in total. The van der Waals surface area contributed by atoms with Gasteiger partial charge in [0, 0.05) is 23.6 Å². The Kier molecular flexibility index (Phi) is 4.28. The van der Waals surface area contributed by atoms with Crippen LogP contribution < -0.4 is 4.74 Å². The van der Waals surface area contributed by atoms with Crippen molar-refractivity contribution >= 4 is 17.3 Å². The van der Waals surface area contributed by atoms with Crippen LogP contribution in [0.1, 0.15) is 56.3 Å². The van der Waals surface area contributed by atoms with E-state index in [1.807, 2.05) is 0 Å². The second kappa shape index (κ2) is 6.29. The highest BCUT2D eigenvalue weighted by Crippen LogP contribution is 2.41. The molecule has 3 rings (SSSR count). The maximum atomic E-state index is 12.9. The van der Waals surface area contributed by atoms with Gasteiger partial charge in [-0.25, -0.2) is 0 Å². The highest BCUT2D eigenvalue weighted by Gasteiger charge is 2.36. The SMILES string of the molecule is COc1cc(O)c2c(c1)C(=O)c1cc(C)c(CCC(C)=O)c(O)c1C2=O. The third-order valence-electron chi connectivity index (χ3n) is 4.63. The number of carbonyl (C=O) groups is 3.